The first kappa shape index (κ1) is 14.9. The zero-order valence-electron chi connectivity index (χ0n) is 13.3. The van der Waals surface area contributed by atoms with Gasteiger partial charge in [0.25, 0.3) is 0 Å². The van der Waals surface area contributed by atoms with Crippen LogP contribution in [0.25, 0.3) is 22.5 Å². The number of ether oxygens (including phenoxy) is 2. The molecule has 23 heavy (non-hydrogen) atoms. The van der Waals surface area contributed by atoms with Crippen LogP contribution in [0.2, 0.25) is 0 Å². The minimum absolute atomic E-state index is 0.232. The van der Waals surface area contributed by atoms with Gasteiger partial charge >= 0.3 is 6.01 Å². The molecule has 8 heteroatoms. The van der Waals surface area contributed by atoms with Crippen LogP contribution >= 0.6 is 0 Å². The molecule has 3 heterocycles. The molecule has 0 unspecified atom stereocenters. The number of nitrogens with zero attached hydrogens (tertiary/aromatic N) is 6. The third kappa shape index (κ3) is 2.83. The molecule has 0 spiro atoms. The van der Waals surface area contributed by atoms with E-state index < -0.39 is 0 Å². The molecular weight excluding hydrogens is 296 g/mol. The van der Waals surface area contributed by atoms with Crippen LogP contribution in [0.5, 0.6) is 11.9 Å². The van der Waals surface area contributed by atoms with Gasteiger partial charge in [-0.05, 0) is 19.1 Å². The summed E-state index contributed by atoms with van der Waals surface area (Å²) in [4.78, 5) is 8.28. The van der Waals surface area contributed by atoms with Crippen LogP contribution in [-0.4, -0.2) is 44.2 Å². The molecule has 3 aromatic heterocycles. The fourth-order valence-corrected chi connectivity index (χ4v) is 2.18. The smallest absolute Gasteiger partial charge is 0.319 e. The molecule has 0 amide bonds. The highest BCUT2D eigenvalue weighted by atomic mass is 16.5. The van der Waals surface area contributed by atoms with Gasteiger partial charge in [-0.1, -0.05) is 0 Å². The van der Waals surface area contributed by atoms with Crippen LogP contribution < -0.4 is 9.47 Å². The van der Waals surface area contributed by atoms with Crippen molar-refractivity contribution < 1.29 is 9.47 Å². The van der Waals surface area contributed by atoms with Crippen LogP contribution in [-0.2, 0) is 7.05 Å². The third-order valence-corrected chi connectivity index (χ3v) is 3.35. The van der Waals surface area contributed by atoms with E-state index in [0.717, 1.165) is 17.0 Å². The SMILES string of the molecule is COc1ncc(-c2cc(-c3ccn(C)n3)c(C)nn2)c(OC)n1. The van der Waals surface area contributed by atoms with Gasteiger partial charge < -0.3 is 9.47 Å². The average molecular weight is 312 g/mol. The topological polar surface area (TPSA) is 87.8 Å². The van der Waals surface area contributed by atoms with Crippen molar-refractivity contribution in [3.63, 3.8) is 0 Å². The molecule has 0 aromatic carbocycles. The first-order valence-electron chi connectivity index (χ1n) is 6.92. The second kappa shape index (κ2) is 5.99. The summed E-state index contributed by atoms with van der Waals surface area (Å²) in [7, 11) is 4.90. The van der Waals surface area contributed by atoms with E-state index in [-0.39, 0.29) is 6.01 Å². The normalized spacial score (nSPS) is 10.6. The van der Waals surface area contributed by atoms with Gasteiger partial charge in [-0.15, -0.1) is 5.10 Å². The minimum atomic E-state index is 0.232. The standard InChI is InChI=1S/C15H16N6O2/c1-9-10(12-5-6-21(2)20-12)7-13(19-18-9)11-8-16-15(23-4)17-14(11)22-3/h5-8H,1-4H3. The Kier molecular flexibility index (Phi) is 3.88. The summed E-state index contributed by atoms with van der Waals surface area (Å²) in [5.74, 6) is 0.377. The lowest BCUT2D eigenvalue weighted by Gasteiger charge is -2.09. The van der Waals surface area contributed by atoms with Crippen LogP contribution in [0.3, 0.4) is 0 Å². The molecule has 3 rings (SSSR count). The molecule has 0 aliphatic carbocycles. The number of hydrogen-bond donors (Lipinski definition) is 0. The maximum Gasteiger partial charge on any atom is 0.319 e. The largest absolute Gasteiger partial charge is 0.480 e. The summed E-state index contributed by atoms with van der Waals surface area (Å²) in [6.07, 6.45) is 3.48. The van der Waals surface area contributed by atoms with E-state index in [1.54, 1.807) is 10.9 Å². The Balaban J connectivity index is 2.11. The summed E-state index contributed by atoms with van der Waals surface area (Å²) >= 11 is 0. The van der Waals surface area contributed by atoms with E-state index in [9.17, 15) is 0 Å². The van der Waals surface area contributed by atoms with E-state index in [4.69, 9.17) is 9.47 Å². The van der Waals surface area contributed by atoms with E-state index in [1.165, 1.54) is 14.2 Å². The molecular formula is C15H16N6O2. The molecule has 0 saturated heterocycles. The maximum absolute atomic E-state index is 5.30. The Morgan fingerprint density at radius 1 is 1.04 bits per heavy atom. The maximum atomic E-state index is 5.30. The Morgan fingerprint density at radius 2 is 1.87 bits per heavy atom. The summed E-state index contributed by atoms with van der Waals surface area (Å²) < 4.78 is 12.1. The second-order valence-corrected chi connectivity index (χ2v) is 4.88. The lowest BCUT2D eigenvalue weighted by atomic mass is 10.1. The second-order valence-electron chi connectivity index (χ2n) is 4.88. The van der Waals surface area contributed by atoms with E-state index >= 15 is 0 Å². The van der Waals surface area contributed by atoms with Gasteiger partial charge in [0, 0.05) is 25.0 Å². The highest BCUT2D eigenvalue weighted by molar-refractivity contribution is 5.71. The van der Waals surface area contributed by atoms with Crippen molar-refractivity contribution in [1.29, 1.82) is 0 Å². The number of methoxy groups -OCH3 is 2. The third-order valence-electron chi connectivity index (χ3n) is 3.35. The fraction of sp³-hybridized carbons (Fsp3) is 0.267. The minimum Gasteiger partial charge on any atom is -0.480 e. The summed E-state index contributed by atoms with van der Waals surface area (Å²) in [5.41, 5.74) is 3.76. The molecule has 0 N–H and O–H groups in total. The van der Waals surface area contributed by atoms with Crippen LogP contribution in [0.15, 0.2) is 24.5 Å². The Hall–Kier alpha value is -3.03. The van der Waals surface area contributed by atoms with Crippen molar-refractivity contribution in [3.05, 3.63) is 30.2 Å². The first-order chi connectivity index (χ1) is 11.1. The molecule has 0 atom stereocenters. The highest BCUT2D eigenvalue weighted by Crippen LogP contribution is 2.30. The van der Waals surface area contributed by atoms with Crippen molar-refractivity contribution in [2.75, 3.05) is 14.2 Å². The molecule has 0 radical (unpaired) electrons. The highest BCUT2D eigenvalue weighted by Gasteiger charge is 2.15. The van der Waals surface area contributed by atoms with Crippen molar-refractivity contribution in [3.8, 4) is 34.4 Å². The lowest BCUT2D eigenvalue weighted by molar-refractivity contribution is 0.353. The zero-order valence-corrected chi connectivity index (χ0v) is 13.3. The molecule has 0 bridgehead atoms. The zero-order chi connectivity index (χ0) is 16.4. The Labute approximate surface area is 133 Å². The molecule has 3 aromatic rings. The number of rotatable bonds is 4. The Morgan fingerprint density at radius 3 is 2.52 bits per heavy atom. The van der Waals surface area contributed by atoms with E-state index in [2.05, 4.69) is 25.3 Å². The fourth-order valence-electron chi connectivity index (χ4n) is 2.18. The van der Waals surface area contributed by atoms with Gasteiger partial charge in [-0.25, -0.2) is 4.98 Å². The van der Waals surface area contributed by atoms with Gasteiger partial charge in [-0.3, -0.25) is 4.68 Å². The van der Waals surface area contributed by atoms with Crippen LogP contribution in [0.1, 0.15) is 5.69 Å². The van der Waals surface area contributed by atoms with Gasteiger partial charge in [-0.2, -0.15) is 15.2 Å². The lowest BCUT2D eigenvalue weighted by Crippen LogP contribution is -2.01. The van der Waals surface area contributed by atoms with Crippen LogP contribution in [0.4, 0.5) is 0 Å². The molecule has 0 aliphatic heterocycles. The molecule has 118 valence electrons. The van der Waals surface area contributed by atoms with Crippen LogP contribution in [0, 0.1) is 6.92 Å². The van der Waals surface area contributed by atoms with E-state index in [0.29, 0.717) is 17.1 Å². The van der Waals surface area contributed by atoms with Gasteiger partial charge in [0.1, 0.15) is 5.69 Å². The molecule has 0 aliphatic rings. The summed E-state index contributed by atoms with van der Waals surface area (Å²) in [5, 5.41) is 12.9. The molecule has 8 nitrogen and oxygen atoms in total. The monoisotopic (exact) mass is 312 g/mol. The van der Waals surface area contributed by atoms with Crippen molar-refractivity contribution in [2.24, 2.45) is 7.05 Å². The first-order valence-corrected chi connectivity index (χ1v) is 6.92. The predicted octanol–water partition coefficient (Wildman–Crippen LogP) is 1.66. The summed E-state index contributed by atoms with van der Waals surface area (Å²) in [6.45, 7) is 1.89. The molecule has 0 fully saturated rings. The van der Waals surface area contributed by atoms with E-state index in [1.807, 2.05) is 32.3 Å². The number of hydrogen-bond acceptors (Lipinski definition) is 7. The quantitative estimate of drug-likeness (QED) is 0.724. The van der Waals surface area contributed by atoms with Gasteiger partial charge in [0.05, 0.1) is 31.2 Å². The predicted molar refractivity (Wildman–Crippen MR) is 83.1 cm³/mol. The van der Waals surface area contributed by atoms with Crippen molar-refractivity contribution in [1.82, 2.24) is 29.9 Å². The average Bonchev–Trinajstić information content (AvgIpc) is 3.01. The number of aromatic nitrogens is 6. The van der Waals surface area contributed by atoms with Gasteiger partial charge in [0.15, 0.2) is 0 Å². The van der Waals surface area contributed by atoms with Crippen molar-refractivity contribution >= 4 is 0 Å². The Bertz CT molecular complexity index is 846. The molecule has 0 saturated carbocycles. The number of aryl methyl sites for hydroxylation is 2. The summed E-state index contributed by atoms with van der Waals surface area (Å²) in [6, 6.07) is 4.06. The van der Waals surface area contributed by atoms with Gasteiger partial charge in [0.2, 0.25) is 5.88 Å². The van der Waals surface area contributed by atoms with Crippen molar-refractivity contribution in [2.45, 2.75) is 6.92 Å².